The summed E-state index contributed by atoms with van der Waals surface area (Å²) in [6, 6.07) is 0.285. The van der Waals surface area contributed by atoms with E-state index in [0.717, 1.165) is 9.47 Å². The van der Waals surface area contributed by atoms with Gasteiger partial charge in [-0.2, -0.15) is 0 Å². The van der Waals surface area contributed by atoms with Gasteiger partial charge in [0, 0.05) is 12.1 Å². The van der Waals surface area contributed by atoms with Gasteiger partial charge in [0.05, 0.1) is 17.3 Å². The highest BCUT2D eigenvalue weighted by atomic mass is 32.2. The van der Waals surface area contributed by atoms with Crippen molar-refractivity contribution in [2.45, 2.75) is 35.7 Å². The third-order valence-electron chi connectivity index (χ3n) is 3.24. The molecular formula is C11H16N4O3S3. The van der Waals surface area contributed by atoms with Crippen LogP contribution < -0.4 is 10.6 Å². The Kier molecular flexibility index (Phi) is 4.36. The second-order valence-electron chi connectivity index (χ2n) is 5.25. The van der Waals surface area contributed by atoms with Crippen molar-refractivity contribution in [2.24, 2.45) is 0 Å². The zero-order valence-corrected chi connectivity index (χ0v) is 13.7. The van der Waals surface area contributed by atoms with E-state index < -0.39 is 9.84 Å². The second kappa shape index (κ2) is 6.09. The average molecular weight is 348 g/mol. The number of sulfone groups is 1. The summed E-state index contributed by atoms with van der Waals surface area (Å²) in [7, 11) is -2.96. The molecule has 21 heavy (non-hydrogen) atoms. The van der Waals surface area contributed by atoms with Gasteiger partial charge in [0.15, 0.2) is 14.2 Å². The summed E-state index contributed by atoms with van der Waals surface area (Å²) in [6.45, 7) is 0. The van der Waals surface area contributed by atoms with E-state index in [1.807, 2.05) is 0 Å². The van der Waals surface area contributed by atoms with Crippen LogP contribution >= 0.6 is 23.1 Å². The molecule has 10 heteroatoms. The molecule has 1 amide bonds. The van der Waals surface area contributed by atoms with Gasteiger partial charge in [0.25, 0.3) is 0 Å². The zero-order valence-electron chi connectivity index (χ0n) is 11.2. The van der Waals surface area contributed by atoms with Gasteiger partial charge >= 0.3 is 0 Å². The van der Waals surface area contributed by atoms with Crippen LogP contribution in [0.1, 0.15) is 19.3 Å². The SMILES string of the molecule is O=C(CSc1nnc(NC2CC2)s1)NC1CCS(=O)(=O)C1. The van der Waals surface area contributed by atoms with E-state index >= 15 is 0 Å². The maximum absolute atomic E-state index is 11.8. The van der Waals surface area contributed by atoms with Crippen molar-refractivity contribution in [1.29, 1.82) is 0 Å². The summed E-state index contributed by atoms with van der Waals surface area (Å²) in [5.41, 5.74) is 0. The van der Waals surface area contributed by atoms with Crippen LogP contribution in [-0.4, -0.2) is 53.9 Å². The molecule has 1 aromatic rings. The number of hydrogen-bond donors (Lipinski definition) is 2. The van der Waals surface area contributed by atoms with Crippen LogP contribution in [0.5, 0.6) is 0 Å². The molecule has 1 saturated heterocycles. The number of carbonyl (C=O) groups excluding carboxylic acids is 1. The van der Waals surface area contributed by atoms with Crippen LogP contribution in [0.4, 0.5) is 5.13 Å². The highest BCUT2D eigenvalue weighted by Crippen LogP contribution is 2.30. The van der Waals surface area contributed by atoms with Crippen LogP contribution in [0.15, 0.2) is 4.34 Å². The van der Waals surface area contributed by atoms with Crippen LogP contribution in [0.25, 0.3) is 0 Å². The first kappa shape index (κ1) is 15.0. The number of thioether (sulfide) groups is 1. The Hall–Kier alpha value is -0.870. The molecule has 3 rings (SSSR count). The molecule has 2 aliphatic rings. The van der Waals surface area contributed by atoms with E-state index in [-0.39, 0.29) is 29.2 Å². The van der Waals surface area contributed by atoms with Crippen molar-refractivity contribution in [1.82, 2.24) is 15.5 Å². The summed E-state index contributed by atoms with van der Waals surface area (Å²) in [6.07, 6.45) is 2.86. The van der Waals surface area contributed by atoms with E-state index in [4.69, 9.17) is 0 Å². The number of nitrogens with zero attached hydrogens (tertiary/aromatic N) is 2. The van der Waals surface area contributed by atoms with Gasteiger partial charge in [-0.3, -0.25) is 4.79 Å². The molecule has 1 atom stereocenters. The molecule has 2 heterocycles. The minimum atomic E-state index is -2.96. The summed E-state index contributed by atoms with van der Waals surface area (Å²) in [5.74, 6) is 0.290. The van der Waals surface area contributed by atoms with Crippen molar-refractivity contribution in [3.05, 3.63) is 0 Å². The van der Waals surface area contributed by atoms with Crippen LogP contribution in [-0.2, 0) is 14.6 Å². The molecule has 7 nitrogen and oxygen atoms in total. The minimum Gasteiger partial charge on any atom is -0.357 e. The normalized spacial score (nSPS) is 23.9. The second-order valence-corrected chi connectivity index (χ2v) is 9.68. The third kappa shape index (κ3) is 4.55. The lowest BCUT2D eigenvalue weighted by molar-refractivity contribution is -0.119. The van der Waals surface area contributed by atoms with Crippen LogP contribution in [0, 0.1) is 0 Å². The average Bonchev–Trinajstić information content (AvgIpc) is 2.99. The smallest absolute Gasteiger partial charge is 0.230 e. The monoisotopic (exact) mass is 348 g/mol. The first-order valence-corrected chi connectivity index (χ1v) is 10.4. The molecule has 2 N–H and O–H groups in total. The lowest BCUT2D eigenvalue weighted by Crippen LogP contribution is -2.36. The highest BCUT2D eigenvalue weighted by molar-refractivity contribution is 8.01. The first-order chi connectivity index (χ1) is 10.00. The quantitative estimate of drug-likeness (QED) is 0.722. The maximum Gasteiger partial charge on any atom is 0.230 e. The standard InChI is InChI=1S/C11H16N4O3S3/c16-9(12-8-3-4-21(17,18)6-8)5-19-11-15-14-10(20-11)13-7-1-2-7/h7-8H,1-6H2,(H,12,16)(H,13,14). The predicted octanol–water partition coefficient (Wildman–Crippen LogP) is 0.508. The Balaban J connectivity index is 1.42. The number of carbonyl (C=O) groups is 1. The minimum absolute atomic E-state index is 0.0532. The van der Waals surface area contributed by atoms with E-state index in [0.29, 0.717) is 12.5 Å². The lowest BCUT2D eigenvalue weighted by Gasteiger charge is -2.09. The fourth-order valence-corrected chi connectivity index (χ4v) is 5.35. The number of anilines is 1. The lowest BCUT2D eigenvalue weighted by atomic mass is 10.3. The van der Waals surface area contributed by atoms with E-state index in [2.05, 4.69) is 20.8 Å². The predicted molar refractivity (Wildman–Crippen MR) is 82.5 cm³/mol. The molecule has 1 unspecified atom stereocenters. The summed E-state index contributed by atoms with van der Waals surface area (Å²) in [5, 5.41) is 14.8. The Morgan fingerprint density at radius 3 is 2.76 bits per heavy atom. The van der Waals surface area contributed by atoms with Crippen molar-refractivity contribution in [2.75, 3.05) is 22.6 Å². The third-order valence-corrected chi connectivity index (χ3v) is 6.99. The van der Waals surface area contributed by atoms with Gasteiger partial charge in [0.2, 0.25) is 11.0 Å². The summed E-state index contributed by atoms with van der Waals surface area (Å²) >= 11 is 2.76. The highest BCUT2D eigenvalue weighted by Gasteiger charge is 2.29. The van der Waals surface area contributed by atoms with E-state index in [9.17, 15) is 13.2 Å². The molecule has 1 aliphatic carbocycles. The van der Waals surface area contributed by atoms with Crippen molar-refractivity contribution in [3.8, 4) is 0 Å². The number of aromatic nitrogens is 2. The number of amides is 1. The topological polar surface area (TPSA) is 101 Å². The maximum atomic E-state index is 11.8. The summed E-state index contributed by atoms with van der Waals surface area (Å²) in [4.78, 5) is 11.8. The molecule has 116 valence electrons. The molecule has 0 aromatic carbocycles. The molecule has 1 aromatic heterocycles. The van der Waals surface area contributed by atoms with Crippen molar-refractivity contribution >= 4 is 44.0 Å². The number of hydrogen-bond acceptors (Lipinski definition) is 8. The van der Waals surface area contributed by atoms with E-state index in [1.54, 1.807) is 0 Å². The molecular weight excluding hydrogens is 332 g/mol. The Morgan fingerprint density at radius 2 is 2.10 bits per heavy atom. The molecule has 0 radical (unpaired) electrons. The van der Waals surface area contributed by atoms with Crippen molar-refractivity contribution < 1.29 is 13.2 Å². The molecule has 1 aliphatic heterocycles. The van der Waals surface area contributed by atoms with Crippen LogP contribution in [0.2, 0.25) is 0 Å². The van der Waals surface area contributed by atoms with Crippen LogP contribution in [0.3, 0.4) is 0 Å². The summed E-state index contributed by atoms with van der Waals surface area (Å²) < 4.78 is 23.4. The largest absolute Gasteiger partial charge is 0.357 e. The zero-order chi connectivity index (χ0) is 14.9. The van der Waals surface area contributed by atoms with Crippen molar-refractivity contribution in [3.63, 3.8) is 0 Å². The molecule has 2 fully saturated rings. The fourth-order valence-electron chi connectivity index (χ4n) is 2.03. The van der Waals surface area contributed by atoms with Gasteiger partial charge < -0.3 is 10.6 Å². The molecule has 1 saturated carbocycles. The van der Waals surface area contributed by atoms with Gasteiger partial charge in [-0.05, 0) is 19.3 Å². The Labute approximate surface area is 131 Å². The van der Waals surface area contributed by atoms with Gasteiger partial charge in [-0.25, -0.2) is 8.42 Å². The van der Waals surface area contributed by atoms with E-state index in [1.165, 1.54) is 35.9 Å². The molecule has 0 bridgehead atoms. The Morgan fingerprint density at radius 1 is 1.29 bits per heavy atom. The van der Waals surface area contributed by atoms with Gasteiger partial charge in [-0.1, -0.05) is 23.1 Å². The molecule has 0 spiro atoms. The van der Waals surface area contributed by atoms with Gasteiger partial charge in [0.1, 0.15) is 0 Å². The fraction of sp³-hybridized carbons (Fsp3) is 0.727. The number of nitrogens with one attached hydrogen (secondary N) is 2. The van der Waals surface area contributed by atoms with Gasteiger partial charge in [-0.15, -0.1) is 10.2 Å². The Bertz CT molecular complexity index is 626. The first-order valence-electron chi connectivity index (χ1n) is 6.73. The number of rotatable bonds is 6.